The summed E-state index contributed by atoms with van der Waals surface area (Å²) in [5.74, 6) is 0.503. The molecule has 162 valence electrons. The maximum Gasteiger partial charge on any atom is 0.220 e. The maximum atomic E-state index is 11.4. The molecule has 0 aliphatic rings. The number of ether oxygens (including phenoxy) is 5. The maximum absolute atomic E-state index is 11.4. The second-order valence-electron chi connectivity index (χ2n) is 7.02. The molecule has 0 rings (SSSR count). The lowest BCUT2D eigenvalue weighted by atomic mass is 10.1. The van der Waals surface area contributed by atoms with E-state index < -0.39 is 0 Å². The van der Waals surface area contributed by atoms with Gasteiger partial charge >= 0.3 is 0 Å². The van der Waals surface area contributed by atoms with Gasteiger partial charge in [0.05, 0.1) is 45.7 Å². The van der Waals surface area contributed by atoms with Crippen LogP contribution in [-0.4, -0.2) is 78.0 Å². The summed E-state index contributed by atoms with van der Waals surface area (Å²) >= 11 is 0. The quantitative estimate of drug-likeness (QED) is 0.321. The van der Waals surface area contributed by atoms with Crippen LogP contribution in [0.25, 0.3) is 0 Å². The molecule has 7 heteroatoms. The van der Waals surface area contributed by atoms with Crippen molar-refractivity contribution in [2.75, 3.05) is 66.0 Å². The fourth-order valence-electron chi connectivity index (χ4n) is 2.09. The van der Waals surface area contributed by atoms with Crippen LogP contribution in [0.4, 0.5) is 0 Å². The predicted molar refractivity (Wildman–Crippen MR) is 106 cm³/mol. The van der Waals surface area contributed by atoms with E-state index in [1.807, 2.05) is 27.7 Å². The lowest BCUT2D eigenvalue weighted by molar-refractivity contribution is -0.121. The molecule has 0 aliphatic heterocycles. The first-order valence-electron chi connectivity index (χ1n) is 10.2. The molecule has 0 aliphatic carbocycles. The molecule has 0 saturated heterocycles. The van der Waals surface area contributed by atoms with Gasteiger partial charge in [-0.3, -0.25) is 4.79 Å². The molecule has 0 aromatic carbocycles. The van der Waals surface area contributed by atoms with Crippen molar-refractivity contribution in [3.05, 3.63) is 0 Å². The van der Waals surface area contributed by atoms with Crippen LogP contribution in [0.2, 0.25) is 0 Å². The highest BCUT2D eigenvalue weighted by Gasteiger charge is 2.03. The van der Waals surface area contributed by atoms with Crippen LogP contribution in [0.1, 0.15) is 47.0 Å². The molecular formula is C20H41NO6. The molecule has 0 atom stereocenters. The summed E-state index contributed by atoms with van der Waals surface area (Å²) in [6, 6.07) is 0. The molecule has 0 radical (unpaired) electrons. The number of carbonyl (C=O) groups is 1. The summed E-state index contributed by atoms with van der Waals surface area (Å²) in [6.07, 6.45) is 2.58. The van der Waals surface area contributed by atoms with Crippen molar-refractivity contribution >= 4 is 5.91 Å². The lowest BCUT2D eigenvalue weighted by Gasteiger charge is -2.09. The van der Waals surface area contributed by atoms with E-state index in [4.69, 9.17) is 23.7 Å². The van der Waals surface area contributed by atoms with Crippen LogP contribution < -0.4 is 5.32 Å². The number of amides is 1. The number of carbonyl (C=O) groups excluding carboxylic acids is 1. The summed E-state index contributed by atoms with van der Waals surface area (Å²) < 4.78 is 27.2. The summed E-state index contributed by atoms with van der Waals surface area (Å²) in [5, 5.41) is 2.88. The Balaban J connectivity index is 3.08. The highest BCUT2D eigenvalue weighted by molar-refractivity contribution is 5.75. The molecule has 7 nitrogen and oxygen atoms in total. The average Bonchev–Trinajstić information content (AvgIpc) is 2.59. The molecule has 0 aromatic rings. The molecule has 1 N–H and O–H groups in total. The van der Waals surface area contributed by atoms with E-state index >= 15 is 0 Å². The Morgan fingerprint density at radius 3 is 1.67 bits per heavy atom. The SMILES string of the molecule is CC(C)CC(=O)NCCCOCCOCCOCCOCCCOC(C)C. The van der Waals surface area contributed by atoms with E-state index in [-0.39, 0.29) is 12.0 Å². The average molecular weight is 392 g/mol. The minimum Gasteiger partial charge on any atom is -0.379 e. The van der Waals surface area contributed by atoms with Crippen molar-refractivity contribution in [3.63, 3.8) is 0 Å². The normalized spacial score (nSPS) is 11.5. The van der Waals surface area contributed by atoms with Crippen LogP contribution in [0.15, 0.2) is 0 Å². The highest BCUT2D eigenvalue weighted by Crippen LogP contribution is 1.97. The van der Waals surface area contributed by atoms with E-state index in [1.165, 1.54) is 0 Å². The summed E-state index contributed by atoms with van der Waals surface area (Å²) in [4.78, 5) is 11.4. The van der Waals surface area contributed by atoms with Gasteiger partial charge in [0.15, 0.2) is 0 Å². The molecule has 0 unspecified atom stereocenters. The van der Waals surface area contributed by atoms with Crippen LogP contribution in [0.5, 0.6) is 0 Å². The van der Waals surface area contributed by atoms with Crippen molar-refractivity contribution in [2.45, 2.75) is 53.1 Å². The van der Waals surface area contributed by atoms with Gasteiger partial charge in [-0.25, -0.2) is 0 Å². The number of nitrogens with one attached hydrogen (secondary N) is 1. The third-order valence-electron chi connectivity index (χ3n) is 3.38. The summed E-state index contributed by atoms with van der Waals surface area (Å²) in [5.41, 5.74) is 0. The van der Waals surface area contributed by atoms with Gasteiger partial charge in [0.1, 0.15) is 0 Å². The molecule has 0 aromatic heterocycles. The van der Waals surface area contributed by atoms with Crippen LogP contribution in [-0.2, 0) is 28.5 Å². The summed E-state index contributed by atoms with van der Waals surface area (Å²) in [7, 11) is 0. The molecule has 0 bridgehead atoms. The van der Waals surface area contributed by atoms with Gasteiger partial charge in [-0.1, -0.05) is 13.8 Å². The van der Waals surface area contributed by atoms with Gasteiger partial charge in [0.25, 0.3) is 0 Å². The fourth-order valence-corrected chi connectivity index (χ4v) is 2.09. The monoisotopic (exact) mass is 391 g/mol. The Morgan fingerprint density at radius 1 is 0.704 bits per heavy atom. The van der Waals surface area contributed by atoms with Crippen molar-refractivity contribution in [1.82, 2.24) is 5.32 Å². The van der Waals surface area contributed by atoms with Crippen LogP contribution >= 0.6 is 0 Å². The topological polar surface area (TPSA) is 75.3 Å². The minimum atomic E-state index is 0.110. The van der Waals surface area contributed by atoms with Crippen molar-refractivity contribution in [1.29, 1.82) is 0 Å². The zero-order chi connectivity index (χ0) is 20.2. The molecule has 0 heterocycles. The Kier molecular flexibility index (Phi) is 19.5. The van der Waals surface area contributed by atoms with Gasteiger partial charge in [-0.15, -0.1) is 0 Å². The predicted octanol–water partition coefficient (Wildman–Crippen LogP) is 2.42. The van der Waals surface area contributed by atoms with E-state index in [1.54, 1.807) is 0 Å². The van der Waals surface area contributed by atoms with E-state index in [0.717, 1.165) is 19.4 Å². The van der Waals surface area contributed by atoms with Gasteiger partial charge in [0, 0.05) is 32.8 Å². The first-order chi connectivity index (χ1) is 13.0. The fraction of sp³-hybridized carbons (Fsp3) is 0.950. The molecule has 0 saturated carbocycles. The second kappa shape index (κ2) is 20.0. The standard InChI is InChI=1S/C20H41NO6/c1-18(2)17-20(22)21-7-5-8-23-11-13-25-15-16-26-14-12-24-9-6-10-27-19(3)4/h18-19H,5-17H2,1-4H3,(H,21,22). The highest BCUT2D eigenvalue weighted by atomic mass is 16.6. The first kappa shape index (κ1) is 26.3. The molecule has 0 fully saturated rings. The smallest absolute Gasteiger partial charge is 0.220 e. The number of rotatable bonds is 20. The Morgan fingerprint density at radius 2 is 1.19 bits per heavy atom. The summed E-state index contributed by atoms with van der Waals surface area (Å²) in [6.45, 7) is 14.2. The first-order valence-corrected chi connectivity index (χ1v) is 10.2. The Bertz CT molecular complexity index is 326. The number of hydrogen-bond donors (Lipinski definition) is 1. The molecule has 1 amide bonds. The third kappa shape index (κ3) is 23.2. The molecular weight excluding hydrogens is 350 g/mol. The van der Waals surface area contributed by atoms with E-state index in [0.29, 0.717) is 71.7 Å². The largest absolute Gasteiger partial charge is 0.379 e. The van der Waals surface area contributed by atoms with E-state index in [2.05, 4.69) is 5.32 Å². The van der Waals surface area contributed by atoms with Crippen molar-refractivity contribution in [3.8, 4) is 0 Å². The van der Waals surface area contributed by atoms with Crippen LogP contribution in [0.3, 0.4) is 0 Å². The molecule has 27 heavy (non-hydrogen) atoms. The van der Waals surface area contributed by atoms with Gasteiger partial charge < -0.3 is 29.0 Å². The minimum absolute atomic E-state index is 0.110. The lowest BCUT2D eigenvalue weighted by Crippen LogP contribution is -2.26. The zero-order valence-corrected chi connectivity index (χ0v) is 17.8. The van der Waals surface area contributed by atoms with Crippen LogP contribution in [0, 0.1) is 5.92 Å². The second-order valence-corrected chi connectivity index (χ2v) is 7.02. The van der Waals surface area contributed by atoms with Crippen molar-refractivity contribution in [2.24, 2.45) is 5.92 Å². The van der Waals surface area contributed by atoms with Gasteiger partial charge in [-0.2, -0.15) is 0 Å². The van der Waals surface area contributed by atoms with Gasteiger partial charge in [0.2, 0.25) is 5.91 Å². The number of hydrogen-bond acceptors (Lipinski definition) is 6. The van der Waals surface area contributed by atoms with E-state index in [9.17, 15) is 4.79 Å². The third-order valence-corrected chi connectivity index (χ3v) is 3.38. The Labute approximate surface area is 165 Å². The Hall–Kier alpha value is -0.730. The zero-order valence-electron chi connectivity index (χ0n) is 17.8. The molecule has 0 spiro atoms. The van der Waals surface area contributed by atoms with Gasteiger partial charge in [-0.05, 0) is 32.6 Å². The van der Waals surface area contributed by atoms with Crippen molar-refractivity contribution < 1.29 is 28.5 Å².